The number of nitrogens with zero attached hydrogens (tertiary/aromatic N) is 2. The van der Waals surface area contributed by atoms with Gasteiger partial charge in [0, 0.05) is 32.2 Å². The van der Waals surface area contributed by atoms with Gasteiger partial charge < -0.3 is 16.0 Å². The van der Waals surface area contributed by atoms with Crippen LogP contribution < -0.4 is 11.1 Å². The molecule has 3 unspecified atom stereocenters. The zero-order valence-corrected chi connectivity index (χ0v) is 12.7. The second-order valence-corrected chi connectivity index (χ2v) is 6.19. The highest BCUT2D eigenvalue weighted by Gasteiger charge is 2.38. The maximum absolute atomic E-state index is 11.7. The number of hydrogen-bond acceptors (Lipinski definition) is 3. The van der Waals surface area contributed by atoms with E-state index in [4.69, 9.17) is 5.73 Å². The Labute approximate surface area is 126 Å². The number of fused-ring (bicyclic) bond motifs is 1. The average molecular weight is 288 g/mol. The lowest BCUT2D eigenvalue weighted by molar-refractivity contribution is 0.0793. The number of urea groups is 1. The average Bonchev–Trinajstić information content (AvgIpc) is 2.82. The number of rotatable bonds is 3. The molecule has 3 N–H and O–H groups in total. The number of aryl methyl sites for hydroxylation is 1. The molecule has 0 aromatic heterocycles. The van der Waals surface area contributed by atoms with Crippen molar-refractivity contribution in [3.63, 3.8) is 0 Å². The van der Waals surface area contributed by atoms with Crippen molar-refractivity contribution in [3.8, 4) is 0 Å². The van der Waals surface area contributed by atoms with Gasteiger partial charge in [-0.25, -0.2) is 4.79 Å². The molecule has 21 heavy (non-hydrogen) atoms. The SMILES string of the molecule is Cc1ccccc1C(C(C)N)N1CCN2C(=O)NCC2C1. The zero-order chi connectivity index (χ0) is 15.0. The fourth-order valence-electron chi connectivity index (χ4n) is 3.61. The summed E-state index contributed by atoms with van der Waals surface area (Å²) in [6, 6.07) is 9.08. The standard InChI is InChI=1S/C16H24N4O/c1-11-5-3-4-6-14(11)15(12(2)17)19-7-8-20-13(10-19)9-18-16(20)21/h3-6,12-13,15H,7-10,17H2,1-2H3,(H,18,21). The lowest BCUT2D eigenvalue weighted by Gasteiger charge is -2.42. The van der Waals surface area contributed by atoms with E-state index in [1.54, 1.807) is 0 Å². The molecule has 114 valence electrons. The molecular formula is C16H24N4O. The lowest BCUT2D eigenvalue weighted by Crippen LogP contribution is -2.55. The largest absolute Gasteiger partial charge is 0.336 e. The minimum Gasteiger partial charge on any atom is -0.336 e. The Morgan fingerprint density at radius 1 is 1.33 bits per heavy atom. The summed E-state index contributed by atoms with van der Waals surface area (Å²) in [6.07, 6.45) is 0. The van der Waals surface area contributed by atoms with Crippen molar-refractivity contribution in [2.24, 2.45) is 5.73 Å². The van der Waals surface area contributed by atoms with E-state index in [9.17, 15) is 4.79 Å². The number of nitrogens with two attached hydrogens (primary N) is 1. The summed E-state index contributed by atoms with van der Waals surface area (Å²) < 4.78 is 0. The summed E-state index contributed by atoms with van der Waals surface area (Å²) in [6.45, 7) is 7.51. The first-order valence-electron chi connectivity index (χ1n) is 7.67. The van der Waals surface area contributed by atoms with Crippen LogP contribution in [0.5, 0.6) is 0 Å². The Bertz CT molecular complexity index is 531. The first kappa shape index (κ1) is 14.4. The number of carbonyl (C=O) groups excluding carboxylic acids is 1. The molecule has 2 amide bonds. The van der Waals surface area contributed by atoms with Crippen molar-refractivity contribution >= 4 is 6.03 Å². The predicted octanol–water partition coefficient (Wildman–Crippen LogP) is 1.09. The van der Waals surface area contributed by atoms with Crippen molar-refractivity contribution < 1.29 is 4.79 Å². The minimum absolute atomic E-state index is 0.0581. The van der Waals surface area contributed by atoms with Crippen LogP contribution in [0.1, 0.15) is 24.1 Å². The van der Waals surface area contributed by atoms with Crippen LogP contribution in [-0.4, -0.2) is 54.1 Å². The molecule has 0 radical (unpaired) electrons. The van der Waals surface area contributed by atoms with Crippen molar-refractivity contribution in [1.82, 2.24) is 15.1 Å². The van der Waals surface area contributed by atoms with E-state index in [0.29, 0.717) is 0 Å². The third-order valence-electron chi connectivity index (χ3n) is 4.66. The molecule has 2 aliphatic rings. The maximum atomic E-state index is 11.7. The first-order valence-corrected chi connectivity index (χ1v) is 7.67. The van der Waals surface area contributed by atoms with Gasteiger partial charge in [-0.1, -0.05) is 24.3 Å². The van der Waals surface area contributed by atoms with Crippen molar-refractivity contribution in [2.75, 3.05) is 26.2 Å². The van der Waals surface area contributed by atoms with Crippen LogP contribution in [0.2, 0.25) is 0 Å². The molecule has 3 atom stereocenters. The van der Waals surface area contributed by atoms with Crippen molar-refractivity contribution in [2.45, 2.75) is 32.0 Å². The van der Waals surface area contributed by atoms with Gasteiger partial charge in [0.25, 0.3) is 0 Å². The Kier molecular flexibility index (Phi) is 3.87. The van der Waals surface area contributed by atoms with Gasteiger partial charge in [0.15, 0.2) is 0 Å². The molecule has 2 saturated heterocycles. The van der Waals surface area contributed by atoms with Crippen LogP contribution >= 0.6 is 0 Å². The molecule has 2 aliphatic heterocycles. The first-order chi connectivity index (χ1) is 10.1. The molecule has 0 spiro atoms. The van der Waals surface area contributed by atoms with Gasteiger partial charge in [-0.2, -0.15) is 0 Å². The van der Waals surface area contributed by atoms with Crippen molar-refractivity contribution in [1.29, 1.82) is 0 Å². The highest BCUT2D eigenvalue weighted by Crippen LogP contribution is 2.29. The van der Waals surface area contributed by atoms with Crippen LogP contribution in [0.15, 0.2) is 24.3 Å². The number of nitrogens with one attached hydrogen (secondary N) is 1. The molecule has 2 heterocycles. The molecule has 2 fully saturated rings. The van der Waals surface area contributed by atoms with E-state index in [1.165, 1.54) is 11.1 Å². The van der Waals surface area contributed by atoms with Gasteiger partial charge in [-0.05, 0) is 25.0 Å². The van der Waals surface area contributed by atoms with Crippen LogP contribution in [0, 0.1) is 6.92 Å². The maximum Gasteiger partial charge on any atom is 0.317 e. The van der Waals surface area contributed by atoms with Crippen LogP contribution in [0.3, 0.4) is 0 Å². The molecule has 1 aromatic rings. The minimum atomic E-state index is 0.0581. The molecule has 5 nitrogen and oxygen atoms in total. The highest BCUT2D eigenvalue weighted by atomic mass is 16.2. The van der Waals surface area contributed by atoms with E-state index < -0.39 is 0 Å². The monoisotopic (exact) mass is 288 g/mol. The zero-order valence-electron chi connectivity index (χ0n) is 12.7. The van der Waals surface area contributed by atoms with Gasteiger partial charge in [0.2, 0.25) is 0 Å². The van der Waals surface area contributed by atoms with Crippen LogP contribution in [0.4, 0.5) is 4.79 Å². The van der Waals surface area contributed by atoms with Gasteiger partial charge in [-0.3, -0.25) is 4.90 Å². The summed E-state index contributed by atoms with van der Waals surface area (Å²) in [7, 11) is 0. The van der Waals surface area contributed by atoms with Gasteiger partial charge in [0.1, 0.15) is 0 Å². The predicted molar refractivity (Wildman–Crippen MR) is 83.0 cm³/mol. The van der Waals surface area contributed by atoms with E-state index in [0.717, 1.165) is 26.2 Å². The second kappa shape index (κ2) is 5.66. The molecule has 1 aromatic carbocycles. The number of amides is 2. The second-order valence-electron chi connectivity index (χ2n) is 6.19. The summed E-state index contributed by atoms with van der Waals surface area (Å²) >= 11 is 0. The van der Waals surface area contributed by atoms with Crippen molar-refractivity contribution in [3.05, 3.63) is 35.4 Å². The smallest absolute Gasteiger partial charge is 0.317 e. The Morgan fingerprint density at radius 3 is 2.81 bits per heavy atom. The topological polar surface area (TPSA) is 61.6 Å². The number of hydrogen-bond donors (Lipinski definition) is 2. The molecule has 5 heteroatoms. The molecule has 0 aliphatic carbocycles. The number of benzene rings is 1. The third-order valence-corrected chi connectivity index (χ3v) is 4.66. The van der Waals surface area contributed by atoms with Crippen LogP contribution in [-0.2, 0) is 0 Å². The van der Waals surface area contributed by atoms with Gasteiger partial charge >= 0.3 is 6.03 Å². The highest BCUT2D eigenvalue weighted by molar-refractivity contribution is 5.77. The van der Waals surface area contributed by atoms with E-state index in [-0.39, 0.29) is 24.2 Å². The van der Waals surface area contributed by atoms with E-state index in [2.05, 4.69) is 48.3 Å². The van der Waals surface area contributed by atoms with Gasteiger partial charge in [0.05, 0.1) is 12.1 Å². The molecule has 3 rings (SSSR count). The summed E-state index contributed by atoms with van der Waals surface area (Å²) in [5.41, 5.74) is 8.88. The summed E-state index contributed by atoms with van der Waals surface area (Å²) in [5, 5.41) is 2.93. The Hall–Kier alpha value is -1.59. The van der Waals surface area contributed by atoms with E-state index >= 15 is 0 Å². The Morgan fingerprint density at radius 2 is 2.10 bits per heavy atom. The Balaban J connectivity index is 1.83. The molecule has 0 saturated carbocycles. The number of piperazine rings is 1. The summed E-state index contributed by atoms with van der Waals surface area (Å²) in [5.74, 6) is 0. The quantitative estimate of drug-likeness (QED) is 0.875. The van der Waals surface area contributed by atoms with Crippen LogP contribution in [0.25, 0.3) is 0 Å². The molecule has 0 bridgehead atoms. The fraction of sp³-hybridized carbons (Fsp3) is 0.562. The van der Waals surface area contributed by atoms with E-state index in [1.807, 2.05) is 4.90 Å². The van der Waals surface area contributed by atoms with Gasteiger partial charge in [-0.15, -0.1) is 0 Å². The third kappa shape index (κ3) is 2.63. The lowest BCUT2D eigenvalue weighted by atomic mass is 9.94. The fourth-order valence-corrected chi connectivity index (χ4v) is 3.61. The number of carbonyl (C=O) groups is 1. The normalized spacial score (nSPS) is 25.4. The molecular weight excluding hydrogens is 264 g/mol. The summed E-state index contributed by atoms with van der Waals surface area (Å²) in [4.78, 5) is 16.1.